The number of amides is 2. The number of anilines is 1. The molecule has 13 nitrogen and oxygen atoms in total. The fourth-order valence-electron chi connectivity index (χ4n) is 3.38. The molecular formula is C18H27N5O8. The van der Waals surface area contributed by atoms with E-state index in [-0.39, 0.29) is 12.2 Å². The number of carbonyl (C=O) groups excluding carboxylic acids is 3. The Labute approximate surface area is 177 Å². The minimum Gasteiger partial charge on any atom is -0.394 e. The van der Waals surface area contributed by atoms with E-state index in [1.165, 1.54) is 12.3 Å². The molecular weight excluding hydrogens is 414 g/mol. The third-order valence-corrected chi connectivity index (χ3v) is 4.98. The van der Waals surface area contributed by atoms with Crippen LogP contribution in [-0.2, 0) is 19.1 Å². The van der Waals surface area contributed by atoms with Gasteiger partial charge in [-0.1, -0.05) is 6.92 Å². The molecule has 1 fully saturated rings. The highest BCUT2D eigenvalue weighted by atomic mass is 16.5. The molecule has 0 radical (unpaired) electrons. The van der Waals surface area contributed by atoms with Crippen LogP contribution in [0.2, 0.25) is 0 Å². The van der Waals surface area contributed by atoms with Crippen LogP contribution in [0.25, 0.3) is 0 Å². The fourth-order valence-corrected chi connectivity index (χ4v) is 3.38. The van der Waals surface area contributed by atoms with Crippen molar-refractivity contribution in [2.75, 3.05) is 12.3 Å². The lowest BCUT2D eigenvalue weighted by molar-refractivity contribution is -0.225. The van der Waals surface area contributed by atoms with Gasteiger partial charge in [0.15, 0.2) is 12.0 Å². The van der Waals surface area contributed by atoms with Gasteiger partial charge in [0.25, 0.3) is 0 Å². The molecule has 8 N–H and O–H groups in total. The van der Waals surface area contributed by atoms with Crippen molar-refractivity contribution in [1.29, 1.82) is 0 Å². The Morgan fingerprint density at radius 1 is 1.32 bits per heavy atom. The van der Waals surface area contributed by atoms with Crippen molar-refractivity contribution in [1.82, 2.24) is 14.9 Å². The first-order valence-electron chi connectivity index (χ1n) is 9.69. The lowest BCUT2D eigenvalue weighted by Crippen LogP contribution is -2.58. The molecule has 13 heteroatoms. The number of ether oxygens (including phenoxy) is 1. The van der Waals surface area contributed by atoms with Crippen LogP contribution < -0.4 is 22.5 Å². The molecule has 1 aliphatic heterocycles. The Kier molecular flexibility index (Phi) is 8.21. The Balaban J connectivity index is 2.24. The van der Waals surface area contributed by atoms with Crippen LogP contribution in [0.1, 0.15) is 32.4 Å². The predicted octanol–water partition coefficient (Wildman–Crippen LogP) is -3.22. The predicted molar refractivity (Wildman–Crippen MR) is 105 cm³/mol. The van der Waals surface area contributed by atoms with E-state index in [9.17, 15) is 34.5 Å². The average molecular weight is 441 g/mol. The van der Waals surface area contributed by atoms with Gasteiger partial charge in [-0.15, -0.1) is 0 Å². The number of ketones is 1. The fraction of sp³-hybridized carbons (Fsp3) is 0.611. The summed E-state index contributed by atoms with van der Waals surface area (Å²) in [7, 11) is 0. The smallest absolute Gasteiger partial charge is 0.351 e. The summed E-state index contributed by atoms with van der Waals surface area (Å²) in [5, 5.41) is 32.9. The Bertz CT molecular complexity index is 875. The molecule has 1 aromatic rings. The number of hydrogen-bond acceptors (Lipinski definition) is 10. The summed E-state index contributed by atoms with van der Waals surface area (Å²) in [6.45, 7) is 1.07. The van der Waals surface area contributed by atoms with Gasteiger partial charge in [-0.3, -0.25) is 19.0 Å². The average Bonchev–Trinajstić information content (AvgIpc) is 2.70. The Hall–Kier alpha value is -2.87. The van der Waals surface area contributed by atoms with Gasteiger partial charge in [0, 0.05) is 25.0 Å². The number of aromatic nitrogens is 2. The Morgan fingerprint density at radius 2 is 2.00 bits per heavy atom. The number of hydrogen-bond donors (Lipinski definition) is 6. The highest BCUT2D eigenvalue weighted by molar-refractivity contribution is 5.90. The van der Waals surface area contributed by atoms with Crippen LogP contribution in [0, 0.1) is 5.92 Å². The van der Waals surface area contributed by atoms with Crippen molar-refractivity contribution in [3.63, 3.8) is 0 Å². The highest BCUT2D eigenvalue weighted by Gasteiger charge is 2.48. The maximum Gasteiger partial charge on any atom is 0.351 e. The van der Waals surface area contributed by atoms with E-state index in [1.54, 1.807) is 6.92 Å². The zero-order chi connectivity index (χ0) is 23.3. The molecule has 0 aliphatic carbocycles. The molecule has 172 valence electrons. The maximum atomic E-state index is 12.6. The SMILES string of the molecule is CCCC(=O)NC(CO)C(=O)CC1C(C(N)=O)OC(n2ccc(N)nc2=O)C(O)C1O. The quantitative estimate of drug-likeness (QED) is 0.225. The number of rotatable bonds is 9. The summed E-state index contributed by atoms with van der Waals surface area (Å²) < 4.78 is 6.31. The van der Waals surface area contributed by atoms with E-state index in [0.29, 0.717) is 6.42 Å². The normalized spacial score (nSPS) is 26.8. The minimum atomic E-state index is -1.72. The highest BCUT2D eigenvalue weighted by Crippen LogP contribution is 2.33. The van der Waals surface area contributed by atoms with Gasteiger partial charge in [0.05, 0.1) is 12.7 Å². The molecule has 2 amide bonds. The summed E-state index contributed by atoms with van der Waals surface area (Å²) in [4.78, 5) is 51.9. The summed E-state index contributed by atoms with van der Waals surface area (Å²) in [5.74, 6) is -3.55. The van der Waals surface area contributed by atoms with Crippen molar-refractivity contribution in [2.45, 2.75) is 56.8 Å². The molecule has 0 aromatic carbocycles. The van der Waals surface area contributed by atoms with Crippen molar-refractivity contribution >= 4 is 23.4 Å². The number of aliphatic hydroxyl groups excluding tert-OH is 3. The van der Waals surface area contributed by atoms with Crippen LogP contribution >= 0.6 is 0 Å². The summed E-state index contributed by atoms with van der Waals surface area (Å²) in [6, 6.07) is -0.0117. The molecule has 0 saturated carbocycles. The zero-order valence-electron chi connectivity index (χ0n) is 16.9. The van der Waals surface area contributed by atoms with Crippen molar-refractivity contribution in [3.8, 4) is 0 Å². The van der Waals surface area contributed by atoms with Crippen LogP contribution in [-0.4, -0.2) is 73.4 Å². The summed E-state index contributed by atoms with van der Waals surface area (Å²) in [5.41, 5.74) is 9.89. The second kappa shape index (κ2) is 10.4. The number of Topliss-reactive ketones (excluding diaryl/α,β-unsaturated/α-hetero) is 1. The second-order valence-corrected chi connectivity index (χ2v) is 7.26. The maximum absolute atomic E-state index is 12.6. The zero-order valence-corrected chi connectivity index (χ0v) is 16.9. The number of primary amides is 1. The minimum absolute atomic E-state index is 0.0813. The van der Waals surface area contributed by atoms with Crippen LogP contribution in [0.5, 0.6) is 0 Å². The van der Waals surface area contributed by atoms with Gasteiger partial charge in [-0.2, -0.15) is 4.98 Å². The van der Waals surface area contributed by atoms with Gasteiger partial charge in [0.2, 0.25) is 11.8 Å². The molecule has 2 rings (SSSR count). The van der Waals surface area contributed by atoms with Crippen molar-refractivity contribution in [3.05, 3.63) is 22.7 Å². The van der Waals surface area contributed by atoms with Gasteiger partial charge in [0.1, 0.15) is 24.1 Å². The van der Waals surface area contributed by atoms with Gasteiger partial charge in [-0.25, -0.2) is 4.79 Å². The number of nitrogens with one attached hydrogen (secondary N) is 1. The van der Waals surface area contributed by atoms with E-state index in [1.807, 2.05) is 0 Å². The number of aliphatic hydroxyl groups is 3. The standard InChI is InChI=1S/C18H27N5O8/c1-2-3-12(26)21-9(7-24)10(25)6-8-13(27)14(28)17(31-15(8)16(20)29)23-5-4-11(19)22-18(23)30/h4-5,8-9,13-15,17,24,27-28H,2-3,6-7H2,1H3,(H2,20,29)(H,21,26)(H2,19,22,30). The lowest BCUT2D eigenvalue weighted by Gasteiger charge is -2.42. The van der Waals surface area contributed by atoms with E-state index >= 15 is 0 Å². The van der Waals surface area contributed by atoms with Gasteiger partial charge >= 0.3 is 5.69 Å². The van der Waals surface area contributed by atoms with E-state index in [2.05, 4.69) is 10.3 Å². The largest absolute Gasteiger partial charge is 0.394 e. The third kappa shape index (κ3) is 5.64. The van der Waals surface area contributed by atoms with E-state index < -0.39 is 72.8 Å². The molecule has 1 saturated heterocycles. The second-order valence-electron chi connectivity index (χ2n) is 7.26. The molecule has 0 bridgehead atoms. The van der Waals surface area contributed by atoms with E-state index in [4.69, 9.17) is 16.2 Å². The van der Waals surface area contributed by atoms with Gasteiger partial charge < -0.3 is 36.8 Å². The number of nitrogens with zero attached hydrogens (tertiary/aromatic N) is 2. The Morgan fingerprint density at radius 3 is 2.55 bits per heavy atom. The molecule has 6 unspecified atom stereocenters. The monoisotopic (exact) mass is 441 g/mol. The van der Waals surface area contributed by atoms with Crippen LogP contribution in [0.4, 0.5) is 5.82 Å². The lowest BCUT2D eigenvalue weighted by atomic mass is 9.83. The molecule has 31 heavy (non-hydrogen) atoms. The third-order valence-electron chi connectivity index (χ3n) is 4.98. The van der Waals surface area contributed by atoms with Gasteiger partial charge in [-0.05, 0) is 12.5 Å². The first kappa shape index (κ1) is 24.4. The van der Waals surface area contributed by atoms with Crippen LogP contribution in [0.3, 0.4) is 0 Å². The topological polar surface area (TPSA) is 220 Å². The van der Waals surface area contributed by atoms with Crippen molar-refractivity contribution in [2.24, 2.45) is 11.7 Å². The number of carbonyl (C=O) groups is 3. The van der Waals surface area contributed by atoms with E-state index in [0.717, 1.165) is 4.57 Å². The molecule has 0 spiro atoms. The first-order chi connectivity index (χ1) is 14.6. The molecule has 1 aliphatic rings. The summed E-state index contributed by atoms with van der Waals surface area (Å²) >= 11 is 0. The molecule has 2 heterocycles. The molecule has 6 atom stereocenters. The van der Waals surface area contributed by atoms with Crippen molar-refractivity contribution < 1.29 is 34.4 Å². The van der Waals surface area contributed by atoms with Crippen LogP contribution in [0.15, 0.2) is 17.1 Å². The number of nitrogen functional groups attached to an aromatic ring is 1. The summed E-state index contributed by atoms with van der Waals surface area (Å²) in [6.07, 6.45) is -5.18. The first-order valence-corrected chi connectivity index (χ1v) is 9.69. The number of nitrogens with two attached hydrogens (primary N) is 2. The molecule has 1 aromatic heterocycles.